The van der Waals surface area contributed by atoms with Crippen LogP contribution in [-0.4, -0.2) is 5.11 Å². The van der Waals surface area contributed by atoms with Crippen molar-refractivity contribution in [2.75, 3.05) is 5.32 Å². The first-order valence-electron chi connectivity index (χ1n) is 4.62. The highest BCUT2D eigenvalue weighted by Crippen LogP contribution is 2.32. The molecule has 2 aromatic rings. The molecule has 0 amide bonds. The molecule has 1 aromatic carbocycles. The second-order valence-corrected chi connectivity index (χ2v) is 5.83. The molecular weight excluding hydrogens is 310 g/mol. The summed E-state index contributed by atoms with van der Waals surface area (Å²) in [6.45, 7) is 0.723. The van der Waals surface area contributed by atoms with E-state index in [0.717, 1.165) is 25.9 Å². The van der Waals surface area contributed by atoms with Gasteiger partial charge >= 0.3 is 0 Å². The summed E-state index contributed by atoms with van der Waals surface area (Å²) in [5, 5.41) is 12.4. The van der Waals surface area contributed by atoms with Gasteiger partial charge in [-0.1, -0.05) is 11.6 Å². The fourth-order valence-corrected chi connectivity index (χ4v) is 2.98. The van der Waals surface area contributed by atoms with Gasteiger partial charge in [0.2, 0.25) is 0 Å². The maximum absolute atomic E-state index is 9.13. The van der Waals surface area contributed by atoms with Crippen molar-refractivity contribution in [3.05, 3.63) is 44.0 Å². The number of phenols is 1. The Kier molecular flexibility index (Phi) is 3.74. The van der Waals surface area contributed by atoms with E-state index in [0.29, 0.717) is 0 Å². The minimum absolute atomic E-state index is 0.271. The first-order chi connectivity index (χ1) is 7.65. The van der Waals surface area contributed by atoms with E-state index in [2.05, 4.69) is 21.2 Å². The van der Waals surface area contributed by atoms with Gasteiger partial charge in [0.15, 0.2) is 0 Å². The van der Waals surface area contributed by atoms with Gasteiger partial charge in [0.25, 0.3) is 0 Å². The Balaban J connectivity index is 1.99. The first-order valence-corrected chi connectivity index (χ1v) is 6.60. The predicted octanol–water partition coefficient (Wildman–Crippen LogP) is 4.48. The third-order valence-electron chi connectivity index (χ3n) is 2.03. The van der Waals surface area contributed by atoms with Crippen molar-refractivity contribution in [1.82, 2.24) is 0 Å². The van der Waals surface area contributed by atoms with E-state index < -0.39 is 0 Å². The number of thiophene rings is 1. The van der Waals surface area contributed by atoms with Gasteiger partial charge in [-0.3, -0.25) is 0 Å². The lowest BCUT2D eigenvalue weighted by molar-refractivity contribution is 0.475. The average Bonchev–Trinajstić information content (AvgIpc) is 2.58. The summed E-state index contributed by atoms with van der Waals surface area (Å²) in [4.78, 5) is 1.16. The number of hydrogen-bond acceptors (Lipinski definition) is 3. The van der Waals surface area contributed by atoms with Crippen molar-refractivity contribution in [2.45, 2.75) is 6.54 Å². The third kappa shape index (κ3) is 2.90. The smallest absolute Gasteiger partial charge is 0.115 e. The average molecular weight is 319 g/mol. The second kappa shape index (κ2) is 5.08. The second-order valence-electron chi connectivity index (χ2n) is 3.23. The number of halogens is 2. The summed E-state index contributed by atoms with van der Waals surface area (Å²) in [5.41, 5.74) is 0.971. The third-order valence-corrected chi connectivity index (χ3v) is 4.50. The largest absolute Gasteiger partial charge is 0.508 e. The number of nitrogens with one attached hydrogen (secondary N) is 1. The number of aromatic hydroxyl groups is 1. The molecule has 0 unspecified atom stereocenters. The molecule has 1 aromatic heterocycles. The van der Waals surface area contributed by atoms with E-state index in [1.165, 1.54) is 0 Å². The van der Waals surface area contributed by atoms with Crippen LogP contribution in [0.4, 0.5) is 5.69 Å². The molecule has 2 nitrogen and oxygen atoms in total. The molecule has 0 saturated heterocycles. The van der Waals surface area contributed by atoms with Gasteiger partial charge in [-0.25, -0.2) is 0 Å². The van der Waals surface area contributed by atoms with Crippen molar-refractivity contribution < 1.29 is 5.11 Å². The highest BCUT2D eigenvalue weighted by molar-refractivity contribution is 9.10. The molecule has 0 radical (unpaired) electrons. The lowest BCUT2D eigenvalue weighted by Crippen LogP contribution is -1.96. The van der Waals surface area contributed by atoms with Gasteiger partial charge in [-0.15, -0.1) is 11.3 Å². The normalized spacial score (nSPS) is 10.4. The van der Waals surface area contributed by atoms with E-state index in [9.17, 15) is 0 Å². The molecular formula is C11H9BrClNOS. The molecule has 0 fully saturated rings. The van der Waals surface area contributed by atoms with Crippen LogP contribution < -0.4 is 5.32 Å². The Morgan fingerprint density at radius 3 is 2.56 bits per heavy atom. The fraction of sp³-hybridized carbons (Fsp3) is 0.0909. The van der Waals surface area contributed by atoms with Crippen molar-refractivity contribution >= 4 is 44.6 Å². The zero-order chi connectivity index (χ0) is 11.5. The summed E-state index contributed by atoms with van der Waals surface area (Å²) in [6, 6.07) is 8.97. The Labute approximate surface area is 111 Å². The summed E-state index contributed by atoms with van der Waals surface area (Å²) in [5.74, 6) is 0.271. The van der Waals surface area contributed by atoms with E-state index in [1.807, 2.05) is 18.2 Å². The van der Waals surface area contributed by atoms with Gasteiger partial charge in [0.05, 0.1) is 0 Å². The molecule has 2 rings (SSSR count). The molecule has 5 heteroatoms. The Bertz CT molecular complexity index is 464. The molecule has 0 aliphatic carbocycles. The zero-order valence-corrected chi connectivity index (χ0v) is 11.4. The van der Waals surface area contributed by atoms with Crippen molar-refractivity contribution in [1.29, 1.82) is 0 Å². The number of hydrogen-bond donors (Lipinski definition) is 2. The van der Waals surface area contributed by atoms with Gasteiger partial charge in [-0.2, -0.15) is 0 Å². The number of anilines is 1. The Hall–Kier alpha value is -0.710. The van der Waals surface area contributed by atoms with Crippen LogP contribution in [0.1, 0.15) is 4.88 Å². The Morgan fingerprint density at radius 1 is 1.31 bits per heavy atom. The van der Waals surface area contributed by atoms with Crippen LogP contribution in [0.5, 0.6) is 5.75 Å². The minimum atomic E-state index is 0.271. The van der Waals surface area contributed by atoms with E-state index in [-0.39, 0.29) is 5.75 Å². The molecule has 1 heterocycles. The first kappa shape index (κ1) is 11.8. The summed E-state index contributed by atoms with van der Waals surface area (Å²) < 4.78 is 1.70. The molecule has 0 spiro atoms. The molecule has 16 heavy (non-hydrogen) atoms. The molecule has 0 atom stereocenters. The highest BCUT2D eigenvalue weighted by atomic mass is 79.9. The Morgan fingerprint density at radius 2 is 2.00 bits per heavy atom. The standard InChI is InChI=1S/C11H9BrClNOS/c12-10-5-9(16-11(10)13)6-14-7-1-3-8(15)4-2-7/h1-5,14-15H,6H2. The topological polar surface area (TPSA) is 32.3 Å². The maximum atomic E-state index is 9.13. The van der Waals surface area contributed by atoms with Crippen LogP contribution in [0.25, 0.3) is 0 Å². The fourth-order valence-electron chi connectivity index (χ4n) is 1.25. The quantitative estimate of drug-likeness (QED) is 0.818. The summed E-state index contributed by atoms with van der Waals surface area (Å²) >= 11 is 10.9. The molecule has 0 bridgehead atoms. The van der Waals surface area contributed by atoms with Crippen molar-refractivity contribution in [3.8, 4) is 5.75 Å². The van der Waals surface area contributed by atoms with Crippen LogP contribution in [-0.2, 0) is 6.54 Å². The minimum Gasteiger partial charge on any atom is -0.508 e. The molecule has 2 N–H and O–H groups in total. The molecule has 84 valence electrons. The molecule has 0 aliphatic heterocycles. The van der Waals surface area contributed by atoms with Crippen LogP contribution in [0.3, 0.4) is 0 Å². The lowest BCUT2D eigenvalue weighted by atomic mass is 10.3. The number of phenolic OH excluding ortho intramolecular Hbond substituents is 1. The van der Waals surface area contributed by atoms with E-state index in [4.69, 9.17) is 16.7 Å². The number of rotatable bonds is 3. The molecule has 0 saturated carbocycles. The van der Waals surface area contributed by atoms with E-state index in [1.54, 1.807) is 23.5 Å². The SMILES string of the molecule is Oc1ccc(NCc2cc(Br)c(Cl)s2)cc1. The van der Waals surface area contributed by atoms with Crippen LogP contribution in [0.2, 0.25) is 4.34 Å². The van der Waals surface area contributed by atoms with Crippen LogP contribution in [0, 0.1) is 0 Å². The van der Waals surface area contributed by atoms with Gasteiger partial charge in [0, 0.05) is 21.6 Å². The predicted molar refractivity (Wildman–Crippen MR) is 72.5 cm³/mol. The number of benzene rings is 1. The van der Waals surface area contributed by atoms with Gasteiger partial charge in [0.1, 0.15) is 10.1 Å². The van der Waals surface area contributed by atoms with Crippen LogP contribution in [0.15, 0.2) is 34.8 Å². The van der Waals surface area contributed by atoms with E-state index >= 15 is 0 Å². The zero-order valence-electron chi connectivity index (χ0n) is 8.21. The summed E-state index contributed by atoms with van der Waals surface area (Å²) in [7, 11) is 0. The maximum Gasteiger partial charge on any atom is 0.115 e. The van der Waals surface area contributed by atoms with Crippen molar-refractivity contribution in [2.24, 2.45) is 0 Å². The highest BCUT2D eigenvalue weighted by Gasteiger charge is 2.03. The molecule has 0 aliphatic rings. The van der Waals surface area contributed by atoms with Gasteiger partial charge < -0.3 is 10.4 Å². The summed E-state index contributed by atoms with van der Waals surface area (Å²) in [6.07, 6.45) is 0. The van der Waals surface area contributed by atoms with Crippen molar-refractivity contribution in [3.63, 3.8) is 0 Å². The lowest BCUT2D eigenvalue weighted by Gasteiger charge is -2.04. The van der Waals surface area contributed by atoms with Crippen LogP contribution >= 0.6 is 38.9 Å². The monoisotopic (exact) mass is 317 g/mol. The van der Waals surface area contributed by atoms with Gasteiger partial charge in [-0.05, 0) is 46.3 Å².